The van der Waals surface area contributed by atoms with Gasteiger partial charge < -0.3 is 14.6 Å². The second-order valence-corrected chi connectivity index (χ2v) is 3.50. The summed E-state index contributed by atoms with van der Waals surface area (Å²) < 4.78 is 10.4. The molecule has 5 nitrogen and oxygen atoms in total. The fourth-order valence-corrected chi connectivity index (χ4v) is 1.58. The molecule has 78 valence electrons. The summed E-state index contributed by atoms with van der Waals surface area (Å²) in [4.78, 5) is 4.05. The standard InChI is InChI=1S/C9H15N3O2/c1-7-11-9(14-12-7)10-5-4-8-3-2-6-13-8/h8H,2-6H2,1H3,(H,10,11,12). The summed E-state index contributed by atoms with van der Waals surface area (Å²) in [7, 11) is 0. The number of nitrogens with one attached hydrogen (secondary N) is 1. The van der Waals surface area contributed by atoms with Crippen LogP contribution in [0.4, 0.5) is 6.01 Å². The van der Waals surface area contributed by atoms with Crippen molar-refractivity contribution in [2.24, 2.45) is 0 Å². The molecule has 0 aromatic carbocycles. The van der Waals surface area contributed by atoms with Gasteiger partial charge in [-0.25, -0.2) is 0 Å². The van der Waals surface area contributed by atoms with E-state index in [1.54, 1.807) is 6.92 Å². The second-order valence-electron chi connectivity index (χ2n) is 3.50. The van der Waals surface area contributed by atoms with E-state index < -0.39 is 0 Å². The topological polar surface area (TPSA) is 60.2 Å². The molecule has 0 radical (unpaired) electrons. The Morgan fingerprint density at radius 2 is 2.50 bits per heavy atom. The minimum atomic E-state index is 0.409. The Balaban J connectivity index is 1.67. The molecule has 1 atom stereocenters. The van der Waals surface area contributed by atoms with Crippen LogP contribution in [0.25, 0.3) is 0 Å². The van der Waals surface area contributed by atoms with Crippen LogP contribution in [0.1, 0.15) is 25.1 Å². The maximum Gasteiger partial charge on any atom is 0.321 e. The normalized spacial score (nSPS) is 21.4. The van der Waals surface area contributed by atoms with Crippen molar-refractivity contribution in [3.63, 3.8) is 0 Å². The number of nitrogens with zero attached hydrogens (tertiary/aromatic N) is 2. The Morgan fingerprint density at radius 1 is 1.57 bits per heavy atom. The predicted molar refractivity (Wildman–Crippen MR) is 51.1 cm³/mol. The summed E-state index contributed by atoms with van der Waals surface area (Å²) in [5.41, 5.74) is 0. The lowest BCUT2D eigenvalue weighted by molar-refractivity contribution is 0.107. The molecule has 0 spiro atoms. The van der Waals surface area contributed by atoms with E-state index >= 15 is 0 Å². The third-order valence-corrected chi connectivity index (χ3v) is 2.29. The van der Waals surface area contributed by atoms with Crippen molar-refractivity contribution in [2.75, 3.05) is 18.5 Å². The van der Waals surface area contributed by atoms with Gasteiger partial charge in [-0.15, -0.1) is 0 Å². The molecule has 1 aromatic heterocycles. The van der Waals surface area contributed by atoms with E-state index in [2.05, 4.69) is 15.5 Å². The zero-order chi connectivity index (χ0) is 9.80. The molecule has 0 bridgehead atoms. The van der Waals surface area contributed by atoms with E-state index in [4.69, 9.17) is 9.26 Å². The molecule has 2 heterocycles. The first-order chi connectivity index (χ1) is 6.84. The van der Waals surface area contributed by atoms with Crippen LogP contribution >= 0.6 is 0 Å². The second kappa shape index (κ2) is 4.41. The molecule has 0 aliphatic carbocycles. The van der Waals surface area contributed by atoms with Crippen molar-refractivity contribution in [3.05, 3.63) is 5.82 Å². The molecule has 1 fully saturated rings. The Morgan fingerprint density at radius 3 is 3.14 bits per heavy atom. The Hall–Kier alpha value is -1.10. The summed E-state index contributed by atoms with van der Waals surface area (Å²) in [6.45, 7) is 3.53. The maximum absolute atomic E-state index is 5.49. The smallest absolute Gasteiger partial charge is 0.321 e. The zero-order valence-corrected chi connectivity index (χ0v) is 8.32. The summed E-state index contributed by atoms with van der Waals surface area (Å²) in [6, 6.07) is 0.500. The molecule has 14 heavy (non-hydrogen) atoms. The SMILES string of the molecule is Cc1noc(NCCC2CCCO2)n1. The lowest BCUT2D eigenvalue weighted by Gasteiger charge is -2.07. The zero-order valence-electron chi connectivity index (χ0n) is 8.32. The van der Waals surface area contributed by atoms with Crippen LogP contribution in [0.3, 0.4) is 0 Å². The predicted octanol–water partition coefficient (Wildman–Crippen LogP) is 1.36. The molecule has 0 saturated carbocycles. The van der Waals surface area contributed by atoms with E-state index in [1.807, 2.05) is 0 Å². The van der Waals surface area contributed by atoms with Gasteiger partial charge in [0.2, 0.25) is 0 Å². The highest BCUT2D eigenvalue weighted by atomic mass is 16.5. The Kier molecular flexibility index (Phi) is 2.98. The number of rotatable bonds is 4. The van der Waals surface area contributed by atoms with Crippen molar-refractivity contribution >= 4 is 6.01 Å². The minimum absolute atomic E-state index is 0.409. The molecule has 0 amide bonds. The maximum atomic E-state index is 5.49. The van der Waals surface area contributed by atoms with E-state index in [-0.39, 0.29) is 0 Å². The highest BCUT2D eigenvalue weighted by molar-refractivity contribution is 5.17. The number of aryl methyl sites for hydroxylation is 1. The van der Waals surface area contributed by atoms with E-state index in [9.17, 15) is 0 Å². The van der Waals surface area contributed by atoms with Crippen LogP contribution in [0, 0.1) is 6.92 Å². The van der Waals surface area contributed by atoms with Gasteiger partial charge in [0, 0.05) is 13.2 Å². The summed E-state index contributed by atoms with van der Waals surface area (Å²) in [5.74, 6) is 0.657. The first kappa shape index (κ1) is 9.45. The molecular weight excluding hydrogens is 182 g/mol. The summed E-state index contributed by atoms with van der Waals surface area (Å²) >= 11 is 0. The van der Waals surface area contributed by atoms with Crippen molar-refractivity contribution in [2.45, 2.75) is 32.3 Å². The van der Waals surface area contributed by atoms with Crippen molar-refractivity contribution in [3.8, 4) is 0 Å². The van der Waals surface area contributed by atoms with Gasteiger partial charge >= 0.3 is 6.01 Å². The van der Waals surface area contributed by atoms with Crippen LogP contribution < -0.4 is 5.32 Å². The van der Waals surface area contributed by atoms with E-state index in [0.717, 1.165) is 19.6 Å². The summed E-state index contributed by atoms with van der Waals surface area (Å²) in [5, 5.41) is 6.76. The largest absolute Gasteiger partial charge is 0.378 e. The highest BCUT2D eigenvalue weighted by Gasteiger charge is 2.14. The van der Waals surface area contributed by atoms with Gasteiger partial charge in [-0.1, -0.05) is 5.16 Å². The fraction of sp³-hybridized carbons (Fsp3) is 0.778. The van der Waals surface area contributed by atoms with Gasteiger partial charge in [0.05, 0.1) is 6.10 Å². The van der Waals surface area contributed by atoms with Crippen molar-refractivity contribution in [1.82, 2.24) is 10.1 Å². The molecule has 1 aromatic rings. The van der Waals surface area contributed by atoms with Crippen LogP contribution in [-0.4, -0.2) is 29.4 Å². The quantitative estimate of drug-likeness (QED) is 0.789. The van der Waals surface area contributed by atoms with Crippen molar-refractivity contribution < 1.29 is 9.26 Å². The minimum Gasteiger partial charge on any atom is -0.378 e. The van der Waals surface area contributed by atoms with Crippen LogP contribution in [-0.2, 0) is 4.74 Å². The monoisotopic (exact) mass is 197 g/mol. The lowest BCUT2D eigenvalue weighted by atomic mass is 10.2. The van der Waals surface area contributed by atoms with Gasteiger partial charge in [0.1, 0.15) is 0 Å². The highest BCUT2D eigenvalue weighted by Crippen LogP contribution is 2.15. The average molecular weight is 197 g/mol. The first-order valence-corrected chi connectivity index (χ1v) is 5.00. The number of hydrogen-bond acceptors (Lipinski definition) is 5. The lowest BCUT2D eigenvalue weighted by Crippen LogP contribution is -2.12. The molecule has 1 saturated heterocycles. The van der Waals surface area contributed by atoms with E-state index in [0.29, 0.717) is 17.9 Å². The van der Waals surface area contributed by atoms with Crippen LogP contribution in [0.2, 0.25) is 0 Å². The fourth-order valence-electron chi connectivity index (χ4n) is 1.58. The molecule has 1 N–H and O–H groups in total. The Bertz CT molecular complexity index is 281. The van der Waals surface area contributed by atoms with Gasteiger partial charge in [-0.2, -0.15) is 4.98 Å². The molecular formula is C9H15N3O2. The Labute approximate surface area is 82.8 Å². The van der Waals surface area contributed by atoms with Gasteiger partial charge in [-0.3, -0.25) is 0 Å². The number of anilines is 1. The molecule has 5 heteroatoms. The number of ether oxygens (including phenoxy) is 1. The van der Waals surface area contributed by atoms with Gasteiger partial charge in [-0.05, 0) is 26.2 Å². The first-order valence-electron chi connectivity index (χ1n) is 5.00. The van der Waals surface area contributed by atoms with E-state index in [1.165, 1.54) is 12.8 Å². The third kappa shape index (κ3) is 2.45. The summed E-state index contributed by atoms with van der Waals surface area (Å²) in [6.07, 6.45) is 3.77. The molecule has 2 rings (SSSR count). The molecule has 1 unspecified atom stereocenters. The third-order valence-electron chi connectivity index (χ3n) is 2.29. The number of aromatic nitrogens is 2. The molecule has 1 aliphatic rings. The molecule has 1 aliphatic heterocycles. The van der Waals surface area contributed by atoms with Crippen LogP contribution in [0.5, 0.6) is 0 Å². The van der Waals surface area contributed by atoms with Crippen LogP contribution in [0.15, 0.2) is 4.52 Å². The van der Waals surface area contributed by atoms with Crippen molar-refractivity contribution in [1.29, 1.82) is 0 Å². The van der Waals surface area contributed by atoms with Gasteiger partial charge in [0.25, 0.3) is 0 Å². The average Bonchev–Trinajstić information content (AvgIpc) is 2.77. The number of hydrogen-bond donors (Lipinski definition) is 1. The van der Waals surface area contributed by atoms with Gasteiger partial charge in [0.15, 0.2) is 5.82 Å².